The quantitative estimate of drug-likeness (QED) is 0.596. The molecule has 1 unspecified atom stereocenters. The molecule has 1 atom stereocenters. The van der Waals surface area contributed by atoms with Crippen molar-refractivity contribution in [3.8, 4) is 11.4 Å². The van der Waals surface area contributed by atoms with Gasteiger partial charge in [-0.1, -0.05) is 42.1 Å². The molecule has 3 aromatic rings. The topological polar surface area (TPSA) is 60.2 Å². The Kier molecular flexibility index (Phi) is 5.62. The number of carbonyl (C=O) groups is 1. The van der Waals surface area contributed by atoms with Gasteiger partial charge in [0.15, 0.2) is 5.16 Å². The van der Waals surface area contributed by atoms with Crippen molar-refractivity contribution < 1.29 is 9.53 Å². The number of ether oxygens (including phenoxy) is 1. The Morgan fingerprint density at radius 3 is 2.71 bits per heavy atom. The third-order valence-electron chi connectivity index (χ3n) is 4.95. The maximum Gasteiger partial charge on any atom is 0.233 e. The maximum absolute atomic E-state index is 12.9. The van der Waals surface area contributed by atoms with E-state index in [2.05, 4.69) is 22.3 Å². The Balaban J connectivity index is 1.43. The zero-order chi connectivity index (χ0) is 19.3. The SMILES string of the molecule is COc1ccc(-n2cnnc2SCC(=O)N2CCCC2c2ccccc2)cc1. The minimum Gasteiger partial charge on any atom is -0.497 e. The van der Waals surface area contributed by atoms with Gasteiger partial charge < -0.3 is 9.64 Å². The van der Waals surface area contributed by atoms with E-state index in [0.29, 0.717) is 10.9 Å². The molecule has 0 radical (unpaired) electrons. The Morgan fingerprint density at radius 1 is 1.18 bits per heavy atom. The lowest BCUT2D eigenvalue weighted by Crippen LogP contribution is -2.32. The van der Waals surface area contributed by atoms with Gasteiger partial charge in [0.2, 0.25) is 5.91 Å². The average Bonchev–Trinajstić information content (AvgIpc) is 3.42. The van der Waals surface area contributed by atoms with Crippen LogP contribution in [0.25, 0.3) is 5.69 Å². The molecule has 1 aliphatic rings. The predicted molar refractivity (Wildman–Crippen MR) is 109 cm³/mol. The molecule has 1 aliphatic heterocycles. The lowest BCUT2D eigenvalue weighted by Gasteiger charge is -2.25. The highest BCUT2D eigenvalue weighted by molar-refractivity contribution is 7.99. The summed E-state index contributed by atoms with van der Waals surface area (Å²) in [5.41, 5.74) is 2.14. The number of methoxy groups -OCH3 is 1. The number of hydrogen-bond acceptors (Lipinski definition) is 5. The van der Waals surface area contributed by atoms with Gasteiger partial charge in [-0.05, 0) is 42.7 Å². The van der Waals surface area contributed by atoms with Gasteiger partial charge in [0.05, 0.1) is 18.9 Å². The van der Waals surface area contributed by atoms with Gasteiger partial charge in [0.25, 0.3) is 0 Å². The monoisotopic (exact) mass is 394 g/mol. The van der Waals surface area contributed by atoms with Crippen molar-refractivity contribution in [3.63, 3.8) is 0 Å². The van der Waals surface area contributed by atoms with Crippen LogP contribution in [-0.4, -0.2) is 45.0 Å². The fraction of sp³-hybridized carbons (Fsp3) is 0.286. The summed E-state index contributed by atoms with van der Waals surface area (Å²) in [5, 5.41) is 8.90. The van der Waals surface area contributed by atoms with Crippen LogP contribution in [-0.2, 0) is 4.79 Å². The Hall–Kier alpha value is -2.80. The third kappa shape index (κ3) is 3.89. The van der Waals surface area contributed by atoms with E-state index in [9.17, 15) is 4.79 Å². The molecule has 0 N–H and O–H groups in total. The second kappa shape index (κ2) is 8.48. The molecule has 2 aromatic carbocycles. The molecule has 0 aliphatic carbocycles. The number of rotatable bonds is 6. The standard InChI is InChI=1S/C21H22N4O2S/c1-27-18-11-9-17(10-12-18)25-15-22-23-21(25)28-14-20(26)24-13-5-8-19(24)16-6-3-2-4-7-16/h2-4,6-7,9-12,15,19H,5,8,13-14H2,1H3. The molecule has 2 heterocycles. The molecule has 144 valence electrons. The molecule has 1 fully saturated rings. The summed E-state index contributed by atoms with van der Waals surface area (Å²) in [6, 6.07) is 18.1. The fourth-order valence-electron chi connectivity index (χ4n) is 3.54. The van der Waals surface area contributed by atoms with E-state index in [4.69, 9.17) is 4.74 Å². The van der Waals surface area contributed by atoms with Crippen LogP contribution >= 0.6 is 11.8 Å². The molecule has 0 saturated carbocycles. The van der Waals surface area contributed by atoms with E-state index < -0.39 is 0 Å². The normalized spacial score (nSPS) is 16.3. The summed E-state index contributed by atoms with van der Waals surface area (Å²) in [5.74, 6) is 1.28. The molecule has 6 nitrogen and oxygen atoms in total. The first-order chi connectivity index (χ1) is 13.8. The highest BCUT2D eigenvalue weighted by atomic mass is 32.2. The zero-order valence-electron chi connectivity index (χ0n) is 15.7. The van der Waals surface area contributed by atoms with Crippen LogP contribution in [0.4, 0.5) is 0 Å². The molecule has 0 bridgehead atoms. The van der Waals surface area contributed by atoms with Crippen LogP contribution in [0.2, 0.25) is 0 Å². The van der Waals surface area contributed by atoms with E-state index in [-0.39, 0.29) is 11.9 Å². The van der Waals surface area contributed by atoms with Crippen LogP contribution in [0.15, 0.2) is 66.1 Å². The van der Waals surface area contributed by atoms with Gasteiger partial charge in [0.1, 0.15) is 12.1 Å². The molecular weight excluding hydrogens is 372 g/mol. The van der Waals surface area contributed by atoms with Crippen molar-refractivity contribution in [2.24, 2.45) is 0 Å². The molecule has 1 saturated heterocycles. The molecule has 4 rings (SSSR count). The Labute approximate surface area is 168 Å². The summed E-state index contributed by atoms with van der Waals surface area (Å²) in [6.45, 7) is 0.810. The minimum atomic E-state index is 0.139. The van der Waals surface area contributed by atoms with Crippen molar-refractivity contribution in [1.29, 1.82) is 0 Å². The number of nitrogens with zero attached hydrogens (tertiary/aromatic N) is 4. The van der Waals surface area contributed by atoms with Crippen LogP contribution in [0, 0.1) is 0 Å². The van der Waals surface area contributed by atoms with Gasteiger partial charge in [-0.2, -0.15) is 0 Å². The maximum atomic E-state index is 12.9. The van der Waals surface area contributed by atoms with Gasteiger partial charge in [-0.3, -0.25) is 9.36 Å². The number of aromatic nitrogens is 3. The number of likely N-dealkylation sites (tertiary alicyclic amines) is 1. The molecule has 28 heavy (non-hydrogen) atoms. The number of amides is 1. The van der Waals surface area contributed by atoms with Crippen LogP contribution < -0.4 is 4.74 Å². The number of thioether (sulfide) groups is 1. The Morgan fingerprint density at radius 2 is 1.96 bits per heavy atom. The van der Waals surface area contributed by atoms with Gasteiger partial charge >= 0.3 is 0 Å². The van der Waals surface area contributed by atoms with Gasteiger partial charge in [-0.25, -0.2) is 0 Å². The van der Waals surface area contributed by atoms with E-state index in [1.54, 1.807) is 13.4 Å². The first kappa shape index (κ1) is 18.6. The van der Waals surface area contributed by atoms with Gasteiger partial charge in [-0.15, -0.1) is 10.2 Å². The van der Waals surface area contributed by atoms with E-state index in [1.807, 2.05) is 51.9 Å². The highest BCUT2D eigenvalue weighted by Crippen LogP contribution is 2.32. The van der Waals surface area contributed by atoms with Crippen LogP contribution in [0.1, 0.15) is 24.4 Å². The number of hydrogen-bond donors (Lipinski definition) is 0. The second-order valence-corrected chi connectivity index (χ2v) is 7.57. The summed E-state index contributed by atoms with van der Waals surface area (Å²) in [4.78, 5) is 14.9. The first-order valence-corrected chi connectivity index (χ1v) is 10.3. The molecule has 1 amide bonds. The lowest BCUT2D eigenvalue weighted by atomic mass is 10.0. The molecule has 0 spiro atoms. The average molecular weight is 395 g/mol. The summed E-state index contributed by atoms with van der Waals surface area (Å²) >= 11 is 1.42. The van der Waals surface area contributed by atoms with Crippen LogP contribution in [0.5, 0.6) is 5.75 Å². The fourth-order valence-corrected chi connectivity index (χ4v) is 4.35. The summed E-state index contributed by atoms with van der Waals surface area (Å²) < 4.78 is 7.09. The van der Waals surface area contributed by atoms with Crippen molar-refractivity contribution >= 4 is 17.7 Å². The van der Waals surface area contributed by atoms with E-state index in [0.717, 1.165) is 30.8 Å². The summed E-state index contributed by atoms with van der Waals surface area (Å²) in [6.07, 6.45) is 3.72. The predicted octanol–water partition coefficient (Wildman–Crippen LogP) is 3.73. The first-order valence-electron chi connectivity index (χ1n) is 9.28. The van der Waals surface area contributed by atoms with E-state index in [1.165, 1.54) is 17.3 Å². The Bertz CT molecular complexity index is 927. The van der Waals surface area contributed by atoms with Crippen LogP contribution in [0.3, 0.4) is 0 Å². The number of carbonyl (C=O) groups excluding carboxylic acids is 1. The van der Waals surface area contributed by atoms with Crippen molar-refractivity contribution in [1.82, 2.24) is 19.7 Å². The number of benzene rings is 2. The van der Waals surface area contributed by atoms with Crippen molar-refractivity contribution in [2.75, 3.05) is 19.4 Å². The van der Waals surface area contributed by atoms with Crippen molar-refractivity contribution in [3.05, 3.63) is 66.5 Å². The zero-order valence-corrected chi connectivity index (χ0v) is 16.5. The molecular formula is C21H22N4O2S. The van der Waals surface area contributed by atoms with Crippen molar-refractivity contribution in [2.45, 2.75) is 24.0 Å². The lowest BCUT2D eigenvalue weighted by molar-refractivity contribution is -0.129. The summed E-state index contributed by atoms with van der Waals surface area (Å²) in [7, 11) is 1.64. The molecule has 7 heteroatoms. The third-order valence-corrected chi connectivity index (χ3v) is 5.88. The smallest absolute Gasteiger partial charge is 0.233 e. The largest absolute Gasteiger partial charge is 0.497 e. The molecule has 1 aromatic heterocycles. The van der Waals surface area contributed by atoms with Gasteiger partial charge in [0, 0.05) is 12.2 Å². The minimum absolute atomic E-state index is 0.139. The second-order valence-electron chi connectivity index (χ2n) is 6.63. The highest BCUT2D eigenvalue weighted by Gasteiger charge is 2.29. The van der Waals surface area contributed by atoms with E-state index >= 15 is 0 Å².